The van der Waals surface area contributed by atoms with Gasteiger partial charge in [-0.1, -0.05) is 31.2 Å². The lowest BCUT2D eigenvalue weighted by Gasteiger charge is -2.17. The van der Waals surface area contributed by atoms with Crippen LogP contribution < -0.4 is 15.2 Å². The van der Waals surface area contributed by atoms with Gasteiger partial charge in [-0.15, -0.1) is 0 Å². The zero-order valence-corrected chi connectivity index (χ0v) is 21.2. The standard InChI is InChI=1S/C28H32FN5O3/c1-18(15-36-16-20-7-3-6-10-22(20)29)27-32-25-26(30)31-17-34(28(25)33-27)14-19-11-12-23(35-2)24(13-19)37-21-8-4-5-9-21/h3,6-7,10-13,17-18,21H,4-5,8-9,14-16,30H2,1-2H3. The number of halogens is 1. The summed E-state index contributed by atoms with van der Waals surface area (Å²) in [5, 5.41) is 0. The van der Waals surface area contributed by atoms with Crippen molar-refractivity contribution in [2.24, 2.45) is 0 Å². The summed E-state index contributed by atoms with van der Waals surface area (Å²) in [6.07, 6.45) is 6.44. The van der Waals surface area contributed by atoms with E-state index >= 15 is 0 Å². The largest absolute Gasteiger partial charge is 0.493 e. The number of rotatable bonds is 10. The molecule has 0 aromatic heterocycles. The van der Waals surface area contributed by atoms with Crippen LogP contribution in [0, 0.1) is 5.82 Å². The molecule has 3 aliphatic rings. The highest BCUT2D eigenvalue weighted by Crippen LogP contribution is 2.33. The summed E-state index contributed by atoms with van der Waals surface area (Å²) < 4.78 is 33.3. The van der Waals surface area contributed by atoms with E-state index in [-0.39, 0.29) is 24.4 Å². The first-order valence-corrected chi connectivity index (χ1v) is 12.6. The first-order chi connectivity index (χ1) is 18.0. The van der Waals surface area contributed by atoms with Gasteiger partial charge in [-0.25, -0.2) is 19.3 Å². The van der Waals surface area contributed by atoms with Gasteiger partial charge >= 0.3 is 0 Å². The van der Waals surface area contributed by atoms with Gasteiger partial charge in [0.25, 0.3) is 0 Å². The van der Waals surface area contributed by atoms with Gasteiger partial charge in [-0.3, -0.25) is 0 Å². The number of ether oxygens (including phenoxy) is 3. The van der Waals surface area contributed by atoms with E-state index in [0.717, 1.165) is 29.9 Å². The Kier molecular flexibility index (Phi) is 7.50. The molecule has 0 amide bonds. The fourth-order valence-electron chi connectivity index (χ4n) is 4.64. The van der Waals surface area contributed by atoms with E-state index in [1.807, 2.05) is 29.7 Å². The predicted molar refractivity (Wildman–Crippen MR) is 138 cm³/mol. The molecule has 5 rings (SSSR count). The maximum atomic E-state index is 13.9. The molecule has 194 valence electrons. The van der Waals surface area contributed by atoms with Gasteiger partial charge in [-0.05, 0) is 49.4 Å². The normalized spacial score (nSPS) is 14.8. The van der Waals surface area contributed by atoms with Gasteiger partial charge in [0.15, 0.2) is 28.8 Å². The molecular formula is C28H32FN5O3. The second kappa shape index (κ2) is 11.1. The number of nitrogen functional groups attached to an aromatic ring is 1. The molecule has 1 saturated carbocycles. The number of methoxy groups -OCH3 is 1. The average molecular weight is 506 g/mol. The minimum absolute atomic E-state index is 0.112. The Morgan fingerprint density at radius 1 is 1.11 bits per heavy atom. The molecule has 2 heterocycles. The number of fused-ring (bicyclic) bond motifs is 1. The van der Waals surface area contributed by atoms with Crippen molar-refractivity contribution in [3.63, 3.8) is 0 Å². The van der Waals surface area contributed by atoms with Crippen LogP contribution in [0.3, 0.4) is 0 Å². The molecule has 2 N–H and O–H groups in total. The highest BCUT2D eigenvalue weighted by molar-refractivity contribution is 5.65. The molecule has 37 heavy (non-hydrogen) atoms. The maximum absolute atomic E-state index is 13.9. The SMILES string of the molecule is COc1ccc(Cn2cnc(N)c3nc(C(C)COCc4ccccc4F)nc2-3)cc1OC1CCCC1. The Labute approximate surface area is 216 Å². The zero-order chi connectivity index (χ0) is 25.8. The van der Waals surface area contributed by atoms with Crippen molar-refractivity contribution in [1.82, 2.24) is 19.5 Å². The van der Waals surface area contributed by atoms with E-state index in [1.165, 1.54) is 18.9 Å². The third-order valence-corrected chi connectivity index (χ3v) is 6.71. The van der Waals surface area contributed by atoms with Crippen LogP contribution in [0.1, 0.15) is 55.5 Å². The van der Waals surface area contributed by atoms with Crippen LogP contribution in [0.15, 0.2) is 48.8 Å². The van der Waals surface area contributed by atoms with Gasteiger partial charge in [0, 0.05) is 11.5 Å². The number of imidazole rings is 1. The van der Waals surface area contributed by atoms with Gasteiger partial charge in [0.2, 0.25) is 0 Å². The molecule has 1 fully saturated rings. The van der Waals surface area contributed by atoms with Gasteiger partial charge < -0.3 is 24.5 Å². The highest BCUT2D eigenvalue weighted by Gasteiger charge is 2.23. The van der Waals surface area contributed by atoms with Crippen molar-refractivity contribution >= 4 is 5.82 Å². The lowest BCUT2D eigenvalue weighted by molar-refractivity contribution is 0.106. The van der Waals surface area contributed by atoms with Crippen LogP contribution in [0.4, 0.5) is 10.2 Å². The molecule has 9 heteroatoms. The number of hydrogen-bond donors (Lipinski definition) is 1. The number of nitrogens with two attached hydrogens (primary N) is 1. The number of hydrogen-bond acceptors (Lipinski definition) is 7. The van der Waals surface area contributed by atoms with E-state index < -0.39 is 0 Å². The molecule has 2 aromatic carbocycles. The minimum atomic E-state index is -0.277. The highest BCUT2D eigenvalue weighted by atomic mass is 19.1. The third-order valence-electron chi connectivity index (χ3n) is 6.71. The van der Waals surface area contributed by atoms with Crippen LogP contribution in [-0.2, 0) is 17.9 Å². The second-order valence-electron chi connectivity index (χ2n) is 9.53. The summed E-state index contributed by atoms with van der Waals surface area (Å²) >= 11 is 0. The quantitative estimate of drug-likeness (QED) is 0.316. The molecule has 0 radical (unpaired) electrons. The smallest absolute Gasteiger partial charge is 0.166 e. The second-order valence-corrected chi connectivity index (χ2v) is 9.53. The Balaban J connectivity index is 1.32. The molecule has 0 spiro atoms. The summed E-state index contributed by atoms with van der Waals surface area (Å²) in [6.45, 7) is 3.02. The van der Waals surface area contributed by atoms with Crippen molar-refractivity contribution in [2.75, 3.05) is 19.5 Å². The predicted octanol–water partition coefficient (Wildman–Crippen LogP) is 5.20. The van der Waals surface area contributed by atoms with Crippen LogP contribution in [0.5, 0.6) is 11.5 Å². The lowest BCUT2D eigenvalue weighted by atomic mass is 10.2. The lowest BCUT2D eigenvalue weighted by Crippen LogP contribution is -2.12. The number of benzene rings is 2. The van der Waals surface area contributed by atoms with Crippen molar-refractivity contribution in [2.45, 2.75) is 57.8 Å². The fourth-order valence-corrected chi connectivity index (χ4v) is 4.64. The molecule has 1 unspecified atom stereocenters. The van der Waals surface area contributed by atoms with E-state index in [4.69, 9.17) is 24.9 Å². The number of aromatic nitrogens is 4. The summed E-state index contributed by atoms with van der Waals surface area (Å²) in [6, 6.07) is 12.5. The Hall–Kier alpha value is -3.72. The van der Waals surface area contributed by atoms with Crippen LogP contribution in [0.25, 0.3) is 11.5 Å². The van der Waals surface area contributed by atoms with Crippen molar-refractivity contribution in [3.8, 4) is 23.0 Å². The van der Waals surface area contributed by atoms with Crippen LogP contribution in [-0.4, -0.2) is 39.3 Å². The van der Waals surface area contributed by atoms with Gasteiger partial charge in [0.1, 0.15) is 11.6 Å². The van der Waals surface area contributed by atoms with Crippen molar-refractivity contribution < 1.29 is 18.6 Å². The van der Waals surface area contributed by atoms with E-state index in [2.05, 4.69) is 9.97 Å². The molecule has 2 aliphatic heterocycles. The monoisotopic (exact) mass is 505 g/mol. The summed E-state index contributed by atoms with van der Waals surface area (Å²) in [5.74, 6) is 2.67. The summed E-state index contributed by atoms with van der Waals surface area (Å²) in [4.78, 5) is 13.8. The van der Waals surface area contributed by atoms with E-state index in [9.17, 15) is 4.39 Å². The van der Waals surface area contributed by atoms with Crippen LogP contribution >= 0.6 is 0 Å². The molecular weight excluding hydrogens is 473 g/mol. The zero-order valence-electron chi connectivity index (χ0n) is 21.2. The molecule has 1 aliphatic carbocycles. The average Bonchev–Trinajstić information content (AvgIpc) is 3.58. The Morgan fingerprint density at radius 3 is 2.70 bits per heavy atom. The fraction of sp³-hybridized carbons (Fsp3) is 0.393. The first kappa shape index (κ1) is 25.0. The first-order valence-electron chi connectivity index (χ1n) is 12.6. The third kappa shape index (κ3) is 5.67. The minimum Gasteiger partial charge on any atom is -0.493 e. The van der Waals surface area contributed by atoms with Crippen molar-refractivity contribution in [3.05, 3.63) is 71.6 Å². The summed E-state index contributed by atoms with van der Waals surface area (Å²) in [7, 11) is 1.65. The van der Waals surface area contributed by atoms with E-state index in [1.54, 1.807) is 31.6 Å². The Bertz CT molecular complexity index is 1320. The molecule has 8 nitrogen and oxygen atoms in total. The molecule has 0 saturated heterocycles. The van der Waals surface area contributed by atoms with Gasteiger partial charge in [0.05, 0.1) is 39.3 Å². The van der Waals surface area contributed by atoms with Crippen molar-refractivity contribution in [1.29, 1.82) is 0 Å². The molecule has 0 bridgehead atoms. The number of anilines is 1. The number of nitrogens with zero attached hydrogens (tertiary/aromatic N) is 4. The van der Waals surface area contributed by atoms with E-state index in [0.29, 0.717) is 41.9 Å². The topological polar surface area (TPSA) is 97.3 Å². The van der Waals surface area contributed by atoms with Crippen LogP contribution in [0.2, 0.25) is 0 Å². The molecule has 1 atom stereocenters. The maximum Gasteiger partial charge on any atom is 0.166 e. The summed E-state index contributed by atoms with van der Waals surface area (Å²) in [5.41, 5.74) is 8.24. The molecule has 2 aromatic rings. The van der Waals surface area contributed by atoms with Gasteiger partial charge in [-0.2, -0.15) is 0 Å². The Morgan fingerprint density at radius 2 is 1.92 bits per heavy atom.